The Kier molecular flexibility index (Phi) is 5.34. The van der Waals surface area contributed by atoms with Gasteiger partial charge in [0.05, 0.1) is 5.69 Å². The van der Waals surface area contributed by atoms with Gasteiger partial charge in [-0.1, -0.05) is 6.92 Å². The summed E-state index contributed by atoms with van der Waals surface area (Å²) in [7, 11) is -3.49. The highest BCUT2D eigenvalue weighted by Gasteiger charge is 2.31. The van der Waals surface area contributed by atoms with E-state index >= 15 is 0 Å². The van der Waals surface area contributed by atoms with Crippen LogP contribution in [0.3, 0.4) is 0 Å². The Morgan fingerprint density at radius 3 is 2.36 bits per heavy atom. The van der Waals surface area contributed by atoms with Crippen LogP contribution in [0.25, 0.3) is 0 Å². The van der Waals surface area contributed by atoms with Crippen LogP contribution >= 0.6 is 0 Å². The van der Waals surface area contributed by atoms with Gasteiger partial charge >= 0.3 is 0 Å². The number of hydrogen-bond donors (Lipinski definition) is 1. The number of benzene rings is 1. The third kappa shape index (κ3) is 3.38. The molecular weight excluding hydrogens is 298 g/mol. The highest BCUT2D eigenvalue weighted by Crippen LogP contribution is 2.32. The molecule has 1 fully saturated rings. The Bertz CT molecular complexity index is 604. The first-order valence-electron chi connectivity index (χ1n) is 8.04. The molecule has 0 unspecified atom stereocenters. The maximum absolute atomic E-state index is 13.0. The summed E-state index contributed by atoms with van der Waals surface area (Å²) in [5.74, 6) is 0.592. The van der Waals surface area contributed by atoms with Gasteiger partial charge in [-0.15, -0.1) is 0 Å². The van der Waals surface area contributed by atoms with Crippen LogP contribution in [0.2, 0.25) is 0 Å². The van der Waals surface area contributed by atoms with Crippen molar-refractivity contribution in [1.82, 2.24) is 4.31 Å². The number of nitrogens with zero attached hydrogens (tertiary/aromatic N) is 2. The van der Waals surface area contributed by atoms with Crippen LogP contribution in [-0.4, -0.2) is 38.9 Å². The van der Waals surface area contributed by atoms with E-state index in [2.05, 4.69) is 11.8 Å². The number of sulfonamides is 1. The Labute approximate surface area is 134 Å². The summed E-state index contributed by atoms with van der Waals surface area (Å²) in [6.07, 6.45) is 1.84. The van der Waals surface area contributed by atoms with Crippen LogP contribution in [0.4, 0.5) is 11.4 Å². The molecule has 5 nitrogen and oxygen atoms in total. The minimum Gasteiger partial charge on any atom is -0.399 e. The quantitative estimate of drug-likeness (QED) is 0.845. The molecule has 6 heteroatoms. The number of nitrogen functional groups attached to an aromatic ring is 1. The summed E-state index contributed by atoms with van der Waals surface area (Å²) in [5.41, 5.74) is 7.09. The van der Waals surface area contributed by atoms with Crippen LogP contribution in [-0.2, 0) is 10.0 Å². The Morgan fingerprint density at radius 1 is 1.23 bits per heavy atom. The van der Waals surface area contributed by atoms with Crippen molar-refractivity contribution in [3.8, 4) is 0 Å². The zero-order chi connectivity index (χ0) is 16.3. The lowest BCUT2D eigenvalue weighted by Gasteiger charge is -2.31. The Hall–Kier alpha value is -1.27. The van der Waals surface area contributed by atoms with Crippen molar-refractivity contribution in [2.24, 2.45) is 5.92 Å². The molecule has 1 aliphatic rings. The van der Waals surface area contributed by atoms with Crippen molar-refractivity contribution in [3.63, 3.8) is 0 Å². The van der Waals surface area contributed by atoms with Crippen molar-refractivity contribution in [1.29, 1.82) is 0 Å². The molecule has 0 saturated carbocycles. The van der Waals surface area contributed by atoms with E-state index in [1.807, 2.05) is 19.9 Å². The van der Waals surface area contributed by atoms with Gasteiger partial charge in [0.25, 0.3) is 0 Å². The highest BCUT2D eigenvalue weighted by atomic mass is 32.2. The predicted molar refractivity (Wildman–Crippen MR) is 91.6 cm³/mol. The molecule has 2 rings (SSSR count). The second-order valence-electron chi connectivity index (χ2n) is 5.99. The molecular formula is C16H27N3O2S. The van der Waals surface area contributed by atoms with E-state index in [0.717, 1.165) is 31.6 Å². The molecule has 0 bridgehead atoms. The molecule has 2 N–H and O–H groups in total. The lowest BCUT2D eigenvalue weighted by atomic mass is 10.0. The van der Waals surface area contributed by atoms with Gasteiger partial charge in [-0.3, -0.25) is 0 Å². The Morgan fingerprint density at radius 2 is 1.82 bits per heavy atom. The SMILES string of the molecule is CCN(CC)c1ccc(N)cc1S(=O)(=O)N1CCC(C)CC1. The summed E-state index contributed by atoms with van der Waals surface area (Å²) in [5, 5.41) is 0. The van der Waals surface area contributed by atoms with Crippen molar-refractivity contribution >= 4 is 21.4 Å². The largest absolute Gasteiger partial charge is 0.399 e. The van der Waals surface area contributed by atoms with Crippen LogP contribution in [0, 0.1) is 5.92 Å². The third-order valence-electron chi connectivity index (χ3n) is 4.45. The van der Waals surface area contributed by atoms with Gasteiger partial charge in [0, 0.05) is 31.9 Å². The Balaban J connectivity index is 2.43. The molecule has 0 atom stereocenters. The lowest BCUT2D eigenvalue weighted by molar-refractivity contribution is 0.288. The second kappa shape index (κ2) is 6.87. The molecule has 0 aliphatic carbocycles. The number of hydrogen-bond acceptors (Lipinski definition) is 4. The van der Waals surface area contributed by atoms with E-state index in [1.165, 1.54) is 0 Å². The lowest BCUT2D eigenvalue weighted by Crippen LogP contribution is -2.38. The maximum atomic E-state index is 13.0. The monoisotopic (exact) mass is 325 g/mol. The molecule has 1 aromatic rings. The van der Waals surface area contributed by atoms with Gasteiger partial charge < -0.3 is 10.6 Å². The zero-order valence-corrected chi connectivity index (χ0v) is 14.6. The summed E-state index contributed by atoms with van der Waals surface area (Å²) in [6.45, 7) is 8.94. The molecule has 1 saturated heterocycles. The smallest absolute Gasteiger partial charge is 0.245 e. The fourth-order valence-corrected chi connectivity index (χ4v) is 4.64. The van der Waals surface area contributed by atoms with E-state index in [4.69, 9.17) is 5.73 Å². The standard InChI is InChI=1S/C16H27N3O2S/c1-4-18(5-2)15-7-6-14(17)12-16(15)22(20,21)19-10-8-13(3)9-11-19/h6-7,12-13H,4-5,8-11,17H2,1-3H3. The van der Waals surface area contributed by atoms with Crippen molar-refractivity contribution < 1.29 is 8.42 Å². The normalized spacial score (nSPS) is 17.6. The first-order valence-corrected chi connectivity index (χ1v) is 9.48. The first-order chi connectivity index (χ1) is 10.4. The molecule has 1 heterocycles. The minimum absolute atomic E-state index is 0.339. The molecule has 0 radical (unpaired) electrons. The van der Waals surface area contributed by atoms with Gasteiger partial charge in [0.2, 0.25) is 10.0 Å². The molecule has 0 aromatic heterocycles. The number of rotatable bonds is 5. The molecule has 1 aliphatic heterocycles. The first kappa shape index (κ1) is 17.1. The fraction of sp³-hybridized carbons (Fsp3) is 0.625. The minimum atomic E-state index is -3.49. The van der Waals surface area contributed by atoms with Crippen LogP contribution in [0.5, 0.6) is 0 Å². The van der Waals surface area contributed by atoms with E-state index in [-0.39, 0.29) is 0 Å². The number of anilines is 2. The van der Waals surface area contributed by atoms with E-state index in [9.17, 15) is 8.42 Å². The van der Waals surface area contributed by atoms with E-state index in [1.54, 1.807) is 16.4 Å². The van der Waals surface area contributed by atoms with E-state index < -0.39 is 10.0 Å². The summed E-state index contributed by atoms with van der Waals surface area (Å²) in [6, 6.07) is 5.19. The van der Waals surface area contributed by atoms with Crippen LogP contribution in [0.1, 0.15) is 33.6 Å². The summed E-state index contributed by atoms with van der Waals surface area (Å²) in [4.78, 5) is 2.39. The average molecular weight is 325 g/mol. The van der Waals surface area contributed by atoms with Gasteiger partial charge in [-0.05, 0) is 50.8 Å². The van der Waals surface area contributed by atoms with Gasteiger partial charge in [-0.2, -0.15) is 4.31 Å². The van der Waals surface area contributed by atoms with Crippen molar-refractivity contribution in [2.75, 3.05) is 36.8 Å². The maximum Gasteiger partial charge on any atom is 0.245 e. The van der Waals surface area contributed by atoms with Gasteiger partial charge in [0.1, 0.15) is 4.90 Å². The zero-order valence-electron chi connectivity index (χ0n) is 13.7. The fourth-order valence-electron chi connectivity index (χ4n) is 2.93. The predicted octanol–water partition coefficient (Wildman–Crippen LogP) is 2.54. The van der Waals surface area contributed by atoms with E-state index in [0.29, 0.717) is 29.6 Å². The summed E-state index contributed by atoms with van der Waals surface area (Å²) >= 11 is 0. The van der Waals surface area contributed by atoms with Crippen molar-refractivity contribution in [3.05, 3.63) is 18.2 Å². The molecule has 22 heavy (non-hydrogen) atoms. The second-order valence-corrected chi connectivity index (χ2v) is 7.89. The third-order valence-corrected chi connectivity index (χ3v) is 6.38. The molecule has 1 aromatic carbocycles. The van der Waals surface area contributed by atoms with Crippen LogP contribution < -0.4 is 10.6 Å². The molecule has 0 amide bonds. The summed E-state index contributed by atoms with van der Waals surface area (Å²) < 4.78 is 27.7. The van der Waals surface area contributed by atoms with Crippen molar-refractivity contribution in [2.45, 2.75) is 38.5 Å². The van der Waals surface area contributed by atoms with Gasteiger partial charge in [-0.25, -0.2) is 8.42 Å². The number of piperidine rings is 1. The topological polar surface area (TPSA) is 66.6 Å². The highest BCUT2D eigenvalue weighted by molar-refractivity contribution is 7.89. The number of nitrogens with two attached hydrogens (primary N) is 1. The molecule has 124 valence electrons. The van der Waals surface area contributed by atoms with Crippen LogP contribution in [0.15, 0.2) is 23.1 Å². The average Bonchev–Trinajstić information content (AvgIpc) is 2.50. The van der Waals surface area contributed by atoms with Gasteiger partial charge in [0.15, 0.2) is 0 Å². The molecule has 0 spiro atoms.